The molecule has 3 aromatic rings. The van der Waals surface area contributed by atoms with Crippen molar-refractivity contribution in [1.29, 1.82) is 0 Å². The summed E-state index contributed by atoms with van der Waals surface area (Å²) in [6.07, 6.45) is 1.08. The van der Waals surface area contributed by atoms with Gasteiger partial charge in [0.15, 0.2) is 11.5 Å². The van der Waals surface area contributed by atoms with Crippen molar-refractivity contribution in [3.63, 3.8) is 0 Å². The summed E-state index contributed by atoms with van der Waals surface area (Å²) in [5.74, 6) is 0.716. The van der Waals surface area contributed by atoms with Gasteiger partial charge in [-0.15, -0.1) is 0 Å². The van der Waals surface area contributed by atoms with Crippen LogP contribution in [0.25, 0.3) is 0 Å². The Morgan fingerprint density at radius 3 is 2.29 bits per heavy atom. The Hall–Kier alpha value is -4.25. The van der Waals surface area contributed by atoms with Gasteiger partial charge in [-0.3, -0.25) is 13.9 Å². The first kappa shape index (κ1) is 30.7. The van der Waals surface area contributed by atoms with Crippen LogP contribution in [0.15, 0.2) is 77.7 Å². The summed E-state index contributed by atoms with van der Waals surface area (Å²) in [4.78, 5) is 28.8. The number of carbonyl (C=O) groups excluding carboxylic acids is 2. The van der Waals surface area contributed by atoms with E-state index < -0.39 is 28.5 Å². The molecule has 224 valence electrons. The van der Waals surface area contributed by atoms with Crippen LogP contribution in [0.1, 0.15) is 32.3 Å². The minimum Gasteiger partial charge on any atom is -0.497 e. The summed E-state index contributed by atoms with van der Waals surface area (Å²) >= 11 is 0. The molecule has 11 heteroatoms. The highest BCUT2D eigenvalue weighted by Gasteiger charge is 2.34. The van der Waals surface area contributed by atoms with Crippen molar-refractivity contribution in [1.82, 2.24) is 10.2 Å². The fourth-order valence-electron chi connectivity index (χ4n) is 4.65. The third-order valence-corrected chi connectivity index (χ3v) is 8.66. The van der Waals surface area contributed by atoms with Gasteiger partial charge < -0.3 is 24.4 Å². The highest BCUT2D eigenvalue weighted by molar-refractivity contribution is 7.92. The van der Waals surface area contributed by atoms with Crippen molar-refractivity contribution >= 4 is 27.5 Å². The largest absolute Gasteiger partial charge is 0.497 e. The molecule has 4 rings (SSSR count). The maximum Gasteiger partial charge on any atom is 0.264 e. The van der Waals surface area contributed by atoms with Gasteiger partial charge in [0.1, 0.15) is 31.5 Å². The first-order chi connectivity index (χ1) is 20.3. The smallest absolute Gasteiger partial charge is 0.264 e. The predicted octanol–water partition coefficient (Wildman–Crippen LogP) is 4.00. The molecule has 0 aromatic heterocycles. The molecule has 1 N–H and O–H groups in total. The number of nitrogens with zero attached hydrogens (tertiary/aromatic N) is 2. The number of carbonyl (C=O) groups is 2. The molecule has 0 spiro atoms. The number of sulfonamides is 1. The van der Waals surface area contributed by atoms with Crippen LogP contribution >= 0.6 is 0 Å². The normalized spacial score (nSPS) is 13.1. The Bertz CT molecular complexity index is 1460. The van der Waals surface area contributed by atoms with Crippen molar-refractivity contribution in [2.24, 2.45) is 0 Å². The van der Waals surface area contributed by atoms with Crippen LogP contribution in [-0.4, -0.2) is 64.6 Å². The Balaban J connectivity index is 1.74. The first-order valence-electron chi connectivity index (χ1n) is 14.0. The Morgan fingerprint density at radius 1 is 0.952 bits per heavy atom. The second kappa shape index (κ2) is 14.1. The number of anilines is 1. The second-order valence-corrected chi connectivity index (χ2v) is 11.6. The summed E-state index contributed by atoms with van der Waals surface area (Å²) < 4.78 is 45.6. The Kier molecular flexibility index (Phi) is 10.3. The van der Waals surface area contributed by atoms with Crippen molar-refractivity contribution in [2.45, 2.75) is 44.2 Å². The number of amides is 2. The summed E-state index contributed by atoms with van der Waals surface area (Å²) in [6.45, 7) is 4.50. The predicted molar refractivity (Wildman–Crippen MR) is 159 cm³/mol. The minimum atomic E-state index is -4.19. The van der Waals surface area contributed by atoms with Crippen molar-refractivity contribution in [3.8, 4) is 17.2 Å². The van der Waals surface area contributed by atoms with Crippen LogP contribution in [0, 0.1) is 0 Å². The van der Waals surface area contributed by atoms with Gasteiger partial charge in [-0.25, -0.2) is 8.42 Å². The zero-order valence-corrected chi connectivity index (χ0v) is 24.9. The Morgan fingerprint density at radius 2 is 1.64 bits per heavy atom. The lowest BCUT2D eigenvalue weighted by Crippen LogP contribution is -2.52. The first-order valence-corrected chi connectivity index (χ1v) is 15.4. The molecule has 0 aliphatic carbocycles. The average molecular weight is 596 g/mol. The molecule has 0 saturated heterocycles. The number of ether oxygens (including phenoxy) is 3. The quantitative estimate of drug-likeness (QED) is 0.318. The summed E-state index contributed by atoms with van der Waals surface area (Å²) in [5.41, 5.74) is 1.01. The SMILES string of the molecule is CCCNC(=O)[C@@H](CC)N(Cc1ccc(OC)cc1)C(=O)CN(c1ccc2c(c1)OCCO2)S(=O)(=O)c1ccccc1. The molecule has 2 amide bonds. The lowest BCUT2D eigenvalue weighted by molar-refractivity contribution is -0.140. The number of methoxy groups -OCH3 is 1. The fourth-order valence-corrected chi connectivity index (χ4v) is 6.08. The van der Waals surface area contributed by atoms with E-state index in [0.29, 0.717) is 43.4 Å². The molecule has 0 unspecified atom stereocenters. The summed E-state index contributed by atoms with van der Waals surface area (Å²) in [5, 5.41) is 2.88. The molecule has 0 bridgehead atoms. The van der Waals surface area contributed by atoms with Gasteiger partial charge in [-0.05, 0) is 54.8 Å². The topological polar surface area (TPSA) is 114 Å². The number of hydrogen-bond donors (Lipinski definition) is 1. The molecule has 1 aliphatic heterocycles. The van der Waals surface area contributed by atoms with Gasteiger partial charge in [0.2, 0.25) is 11.8 Å². The third kappa shape index (κ3) is 7.14. The second-order valence-electron chi connectivity index (χ2n) is 9.74. The van der Waals surface area contributed by atoms with E-state index in [2.05, 4.69) is 5.32 Å². The van der Waals surface area contributed by atoms with Crippen LogP contribution in [0.3, 0.4) is 0 Å². The Labute approximate surface area is 247 Å². The maximum absolute atomic E-state index is 14.2. The van der Waals surface area contributed by atoms with Crippen LogP contribution < -0.4 is 23.8 Å². The van der Waals surface area contributed by atoms with E-state index in [1.807, 2.05) is 26.0 Å². The van der Waals surface area contributed by atoms with E-state index in [0.717, 1.165) is 16.3 Å². The highest BCUT2D eigenvalue weighted by Crippen LogP contribution is 2.36. The van der Waals surface area contributed by atoms with E-state index in [1.54, 1.807) is 55.6 Å². The average Bonchev–Trinajstić information content (AvgIpc) is 3.02. The molecule has 0 fully saturated rings. The van der Waals surface area contributed by atoms with Crippen molar-refractivity contribution in [3.05, 3.63) is 78.4 Å². The number of nitrogens with one attached hydrogen (secondary N) is 1. The van der Waals surface area contributed by atoms with Crippen LogP contribution in [0.5, 0.6) is 17.2 Å². The van der Waals surface area contributed by atoms with Gasteiger partial charge in [-0.1, -0.05) is 44.2 Å². The molecule has 0 saturated carbocycles. The van der Waals surface area contributed by atoms with E-state index in [-0.39, 0.29) is 23.0 Å². The zero-order chi connectivity index (χ0) is 30.1. The van der Waals surface area contributed by atoms with Crippen molar-refractivity contribution in [2.75, 3.05) is 37.7 Å². The number of hydrogen-bond acceptors (Lipinski definition) is 7. The van der Waals surface area contributed by atoms with E-state index >= 15 is 0 Å². The fraction of sp³-hybridized carbons (Fsp3) is 0.355. The van der Waals surface area contributed by atoms with Crippen molar-refractivity contribution < 1.29 is 32.2 Å². The van der Waals surface area contributed by atoms with Gasteiger partial charge >= 0.3 is 0 Å². The zero-order valence-electron chi connectivity index (χ0n) is 24.1. The van der Waals surface area contributed by atoms with E-state index in [9.17, 15) is 18.0 Å². The molecule has 1 aliphatic rings. The number of fused-ring (bicyclic) bond motifs is 1. The van der Waals surface area contributed by atoms with E-state index in [4.69, 9.17) is 14.2 Å². The van der Waals surface area contributed by atoms with Gasteiger partial charge in [0.25, 0.3) is 10.0 Å². The molecule has 1 heterocycles. The summed E-state index contributed by atoms with van der Waals surface area (Å²) in [6, 6.07) is 19.1. The molecule has 42 heavy (non-hydrogen) atoms. The standard InChI is InChI=1S/C31H37N3O7S/c1-4-17-32-31(36)27(5-2)33(21-23-11-14-25(39-3)15-12-23)30(35)22-34(42(37,38)26-9-7-6-8-10-26)24-13-16-28-29(20-24)41-19-18-40-28/h6-16,20,27H,4-5,17-19,21-22H2,1-3H3,(H,32,36)/t27-/m1/s1. The van der Waals surface area contributed by atoms with Crippen LogP contribution in [0.4, 0.5) is 5.69 Å². The van der Waals surface area contributed by atoms with Crippen LogP contribution in [-0.2, 0) is 26.2 Å². The molecule has 3 aromatic carbocycles. The lowest BCUT2D eigenvalue weighted by Gasteiger charge is -2.33. The van der Waals surface area contributed by atoms with Crippen LogP contribution in [0.2, 0.25) is 0 Å². The van der Waals surface area contributed by atoms with E-state index in [1.165, 1.54) is 17.0 Å². The highest BCUT2D eigenvalue weighted by atomic mass is 32.2. The summed E-state index contributed by atoms with van der Waals surface area (Å²) in [7, 11) is -2.62. The molecule has 1 atom stereocenters. The molecular weight excluding hydrogens is 558 g/mol. The monoisotopic (exact) mass is 595 g/mol. The molecule has 0 radical (unpaired) electrons. The maximum atomic E-state index is 14.2. The number of rotatable bonds is 13. The molecular formula is C31H37N3O7S. The van der Waals surface area contributed by atoms with Gasteiger partial charge in [0, 0.05) is 19.2 Å². The third-order valence-electron chi connectivity index (χ3n) is 6.87. The van der Waals surface area contributed by atoms with Gasteiger partial charge in [0.05, 0.1) is 17.7 Å². The minimum absolute atomic E-state index is 0.0297. The number of benzene rings is 3. The lowest BCUT2D eigenvalue weighted by atomic mass is 10.1. The van der Waals surface area contributed by atoms with Gasteiger partial charge in [-0.2, -0.15) is 0 Å². The molecule has 10 nitrogen and oxygen atoms in total.